The third kappa shape index (κ3) is 3.04. The Balaban J connectivity index is 2.11. The molecule has 1 fully saturated rings. The topological polar surface area (TPSA) is 28.2 Å². The molecule has 0 radical (unpaired) electrons. The Hall–Kier alpha value is -0.610. The van der Waals surface area contributed by atoms with Crippen molar-refractivity contribution >= 4 is 16.5 Å². The van der Waals surface area contributed by atoms with Gasteiger partial charge < -0.3 is 10.2 Å². The molecule has 18 heavy (non-hydrogen) atoms. The Labute approximate surface area is 115 Å². The Morgan fingerprint density at radius 2 is 2.28 bits per heavy atom. The fraction of sp³-hybridized carbons (Fsp3) is 0.786. The van der Waals surface area contributed by atoms with Gasteiger partial charge in [-0.25, -0.2) is 4.98 Å². The summed E-state index contributed by atoms with van der Waals surface area (Å²) in [5.41, 5.74) is 1.31. The van der Waals surface area contributed by atoms with Crippen LogP contribution in [-0.2, 0) is 13.0 Å². The summed E-state index contributed by atoms with van der Waals surface area (Å²) in [4.78, 5) is 8.78. The fourth-order valence-corrected chi connectivity index (χ4v) is 3.73. The predicted octanol–water partition coefficient (Wildman–Crippen LogP) is 3.05. The summed E-state index contributed by atoms with van der Waals surface area (Å²) in [6, 6.07) is 0. The van der Waals surface area contributed by atoms with Crippen molar-refractivity contribution in [3.63, 3.8) is 0 Å². The molecule has 0 saturated carbocycles. The lowest BCUT2D eigenvalue weighted by molar-refractivity contribution is 0.569. The molecule has 0 amide bonds. The summed E-state index contributed by atoms with van der Waals surface area (Å²) in [5, 5.41) is 4.51. The molecule has 0 aliphatic carbocycles. The average molecular weight is 267 g/mol. The summed E-state index contributed by atoms with van der Waals surface area (Å²) < 4.78 is 0. The minimum Gasteiger partial charge on any atom is -0.348 e. The first-order valence-corrected chi connectivity index (χ1v) is 7.98. The van der Waals surface area contributed by atoms with E-state index >= 15 is 0 Å². The molecule has 0 aromatic carbocycles. The summed E-state index contributed by atoms with van der Waals surface area (Å²) in [5.74, 6) is 0.872. The molecule has 1 aliphatic rings. The van der Waals surface area contributed by atoms with Crippen LogP contribution in [-0.4, -0.2) is 25.1 Å². The zero-order chi connectivity index (χ0) is 13.0. The van der Waals surface area contributed by atoms with E-state index in [9.17, 15) is 0 Å². The standard InChI is InChI=1S/C14H25N3S/c1-4-6-12-13(9-15-3)18-14(16-12)17-8-7-11(5-2)10-17/h11,15H,4-10H2,1-3H3. The Morgan fingerprint density at radius 3 is 2.89 bits per heavy atom. The number of aryl methyl sites for hydroxylation is 1. The van der Waals surface area contributed by atoms with Gasteiger partial charge >= 0.3 is 0 Å². The van der Waals surface area contributed by atoms with Crippen molar-refractivity contribution in [2.45, 2.75) is 46.1 Å². The fourth-order valence-electron chi connectivity index (χ4n) is 2.58. The molecule has 1 N–H and O–H groups in total. The Bertz CT molecular complexity index is 352. The van der Waals surface area contributed by atoms with E-state index in [1.807, 2.05) is 18.4 Å². The van der Waals surface area contributed by atoms with Crippen molar-refractivity contribution in [1.29, 1.82) is 0 Å². The molecule has 1 unspecified atom stereocenters. The molecule has 102 valence electrons. The number of thiazole rings is 1. The van der Waals surface area contributed by atoms with Gasteiger partial charge in [0.15, 0.2) is 5.13 Å². The van der Waals surface area contributed by atoms with Gasteiger partial charge in [0.1, 0.15) is 0 Å². The molecular formula is C14H25N3S. The van der Waals surface area contributed by atoms with Crippen molar-refractivity contribution in [3.8, 4) is 0 Å². The van der Waals surface area contributed by atoms with E-state index in [0.717, 1.165) is 18.9 Å². The van der Waals surface area contributed by atoms with Gasteiger partial charge in [0, 0.05) is 24.5 Å². The van der Waals surface area contributed by atoms with E-state index in [4.69, 9.17) is 4.98 Å². The average Bonchev–Trinajstić information content (AvgIpc) is 2.97. The number of hydrogen-bond donors (Lipinski definition) is 1. The van der Waals surface area contributed by atoms with Crippen LogP contribution in [0, 0.1) is 5.92 Å². The molecule has 4 heteroatoms. The lowest BCUT2D eigenvalue weighted by atomic mass is 10.1. The molecule has 0 bridgehead atoms. The first-order chi connectivity index (χ1) is 8.78. The van der Waals surface area contributed by atoms with Crippen LogP contribution in [0.1, 0.15) is 43.7 Å². The maximum Gasteiger partial charge on any atom is 0.185 e. The van der Waals surface area contributed by atoms with Crippen LogP contribution in [0.4, 0.5) is 5.13 Å². The zero-order valence-electron chi connectivity index (χ0n) is 11.8. The summed E-state index contributed by atoms with van der Waals surface area (Å²) in [6.45, 7) is 7.87. The maximum atomic E-state index is 4.87. The van der Waals surface area contributed by atoms with Gasteiger partial charge in [0.2, 0.25) is 0 Å². The number of rotatable bonds is 6. The second-order valence-electron chi connectivity index (χ2n) is 5.16. The monoisotopic (exact) mass is 267 g/mol. The SMILES string of the molecule is CCCc1nc(N2CCC(CC)C2)sc1CNC. The van der Waals surface area contributed by atoms with E-state index in [-0.39, 0.29) is 0 Å². The number of nitrogens with one attached hydrogen (secondary N) is 1. The van der Waals surface area contributed by atoms with E-state index in [2.05, 4.69) is 24.1 Å². The lowest BCUT2D eigenvalue weighted by Crippen LogP contribution is -2.19. The van der Waals surface area contributed by atoms with Crippen LogP contribution < -0.4 is 10.2 Å². The van der Waals surface area contributed by atoms with Crippen molar-refractivity contribution in [2.24, 2.45) is 5.92 Å². The van der Waals surface area contributed by atoms with Crippen LogP contribution in [0.5, 0.6) is 0 Å². The highest BCUT2D eigenvalue weighted by molar-refractivity contribution is 7.15. The van der Waals surface area contributed by atoms with Crippen molar-refractivity contribution < 1.29 is 0 Å². The quantitative estimate of drug-likeness (QED) is 0.858. The highest BCUT2D eigenvalue weighted by atomic mass is 32.1. The minimum atomic E-state index is 0.872. The van der Waals surface area contributed by atoms with Gasteiger partial charge in [0.05, 0.1) is 5.69 Å². The van der Waals surface area contributed by atoms with Gasteiger partial charge in [-0.2, -0.15) is 0 Å². The zero-order valence-corrected chi connectivity index (χ0v) is 12.6. The molecule has 2 rings (SSSR count). The molecule has 2 heterocycles. The molecule has 0 spiro atoms. The molecule has 1 aromatic heterocycles. The number of hydrogen-bond acceptors (Lipinski definition) is 4. The van der Waals surface area contributed by atoms with E-state index in [1.165, 1.54) is 48.1 Å². The third-order valence-corrected chi connectivity index (χ3v) is 4.88. The number of aromatic nitrogens is 1. The molecule has 1 aromatic rings. The second-order valence-corrected chi connectivity index (χ2v) is 6.22. The smallest absolute Gasteiger partial charge is 0.185 e. The predicted molar refractivity (Wildman–Crippen MR) is 79.5 cm³/mol. The summed E-state index contributed by atoms with van der Waals surface area (Å²) >= 11 is 1.89. The Morgan fingerprint density at radius 1 is 1.44 bits per heavy atom. The van der Waals surface area contributed by atoms with Gasteiger partial charge in [-0.15, -0.1) is 11.3 Å². The number of anilines is 1. The minimum absolute atomic E-state index is 0.872. The Kier molecular flexibility index (Phi) is 5.01. The molecule has 1 atom stereocenters. The molecule has 1 aliphatic heterocycles. The van der Waals surface area contributed by atoms with E-state index < -0.39 is 0 Å². The normalized spacial score (nSPS) is 19.7. The maximum absolute atomic E-state index is 4.87. The van der Waals surface area contributed by atoms with Crippen LogP contribution in [0.15, 0.2) is 0 Å². The van der Waals surface area contributed by atoms with Crippen molar-refractivity contribution in [2.75, 3.05) is 25.0 Å². The number of nitrogens with zero attached hydrogens (tertiary/aromatic N) is 2. The third-order valence-electron chi connectivity index (χ3n) is 3.72. The first kappa shape index (κ1) is 13.8. The molecule has 1 saturated heterocycles. The van der Waals surface area contributed by atoms with Gasteiger partial charge in [-0.1, -0.05) is 26.7 Å². The van der Waals surface area contributed by atoms with Crippen molar-refractivity contribution in [1.82, 2.24) is 10.3 Å². The first-order valence-electron chi connectivity index (χ1n) is 7.16. The molecular weight excluding hydrogens is 242 g/mol. The van der Waals surface area contributed by atoms with Crippen LogP contribution >= 0.6 is 11.3 Å². The summed E-state index contributed by atoms with van der Waals surface area (Å²) in [7, 11) is 2.01. The van der Waals surface area contributed by atoms with E-state index in [0.29, 0.717) is 0 Å². The van der Waals surface area contributed by atoms with Crippen LogP contribution in [0.2, 0.25) is 0 Å². The molecule has 3 nitrogen and oxygen atoms in total. The second kappa shape index (κ2) is 6.53. The summed E-state index contributed by atoms with van der Waals surface area (Å²) in [6.07, 6.45) is 4.92. The van der Waals surface area contributed by atoms with Gasteiger partial charge in [0.25, 0.3) is 0 Å². The lowest BCUT2D eigenvalue weighted by Gasteiger charge is -2.14. The van der Waals surface area contributed by atoms with Crippen LogP contribution in [0.3, 0.4) is 0 Å². The largest absolute Gasteiger partial charge is 0.348 e. The van der Waals surface area contributed by atoms with Gasteiger partial charge in [-0.3, -0.25) is 0 Å². The highest BCUT2D eigenvalue weighted by Gasteiger charge is 2.24. The van der Waals surface area contributed by atoms with E-state index in [1.54, 1.807) is 0 Å². The van der Waals surface area contributed by atoms with Crippen molar-refractivity contribution in [3.05, 3.63) is 10.6 Å². The van der Waals surface area contributed by atoms with Gasteiger partial charge in [-0.05, 0) is 25.8 Å². The van der Waals surface area contributed by atoms with Crippen LogP contribution in [0.25, 0.3) is 0 Å². The highest BCUT2D eigenvalue weighted by Crippen LogP contribution is 2.31.